The number of benzene rings is 1. The quantitative estimate of drug-likeness (QED) is 0.715. The van der Waals surface area contributed by atoms with Crippen LogP contribution in [0.1, 0.15) is 15.9 Å². The number of aromatic nitrogens is 1. The molecule has 0 radical (unpaired) electrons. The van der Waals surface area contributed by atoms with Gasteiger partial charge in [-0.15, -0.1) is 0 Å². The Hall–Kier alpha value is -2.89. The number of nitrogens with zero attached hydrogens (tertiary/aromatic N) is 1. The molecule has 1 aromatic heterocycles. The number of hydrogen-bond acceptors (Lipinski definition) is 4. The molecule has 1 aliphatic heterocycles. The SMILES string of the molecule is Nc1cccc2c1C(=O)N[C@@H](Cc1cccnc1)C(=O)N2. The van der Waals surface area contributed by atoms with Gasteiger partial charge in [0.2, 0.25) is 5.91 Å². The molecule has 0 saturated carbocycles. The summed E-state index contributed by atoms with van der Waals surface area (Å²) in [5.41, 5.74) is 7.78. The van der Waals surface area contributed by atoms with Crippen molar-refractivity contribution in [3.05, 3.63) is 53.9 Å². The third-order valence-corrected chi connectivity index (χ3v) is 3.37. The molecule has 21 heavy (non-hydrogen) atoms. The number of nitrogens with two attached hydrogens (primary N) is 1. The average Bonchev–Trinajstić information content (AvgIpc) is 2.58. The first-order valence-corrected chi connectivity index (χ1v) is 6.54. The molecule has 0 spiro atoms. The van der Waals surface area contributed by atoms with E-state index < -0.39 is 6.04 Å². The lowest BCUT2D eigenvalue weighted by molar-refractivity contribution is -0.117. The predicted molar refractivity (Wildman–Crippen MR) is 78.7 cm³/mol. The van der Waals surface area contributed by atoms with Gasteiger partial charge in [-0.1, -0.05) is 12.1 Å². The van der Waals surface area contributed by atoms with Crippen LogP contribution in [0.3, 0.4) is 0 Å². The number of nitrogens with one attached hydrogen (secondary N) is 2. The fraction of sp³-hybridized carbons (Fsp3) is 0.133. The summed E-state index contributed by atoms with van der Waals surface area (Å²) in [6, 6.07) is 7.98. The molecule has 2 aromatic rings. The van der Waals surface area contributed by atoms with E-state index in [4.69, 9.17) is 5.73 Å². The lowest BCUT2D eigenvalue weighted by Crippen LogP contribution is -2.42. The van der Waals surface area contributed by atoms with E-state index in [-0.39, 0.29) is 11.8 Å². The van der Waals surface area contributed by atoms with Gasteiger partial charge in [0.15, 0.2) is 0 Å². The zero-order chi connectivity index (χ0) is 14.8. The van der Waals surface area contributed by atoms with Crippen LogP contribution in [-0.4, -0.2) is 22.8 Å². The van der Waals surface area contributed by atoms with E-state index in [1.165, 1.54) is 0 Å². The molecule has 6 nitrogen and oxygen atoms in total. The minimum absolute atomic E-state index is 0.267. The lowest BCUT2D eigenvalue weighted by atomic mass is 10.1. The molecule has 2 amide bonds. The van der Waals surface area contributed by atoms with Crippen LogP contribution in [0, 0.1) is 0 Å². The van der Waals surface area contributed by atoms with E-state index in [2.05, 4.69) is 15.6 Å². The Morgan fingerprint density at radius 2 is 2.05 bits per heavy atom. The molecule has 1 atom stereocenters. The van der Waals surface area contributed by atoms with Crippen LogP contribution >= 0.6 is 0 Å². The molecule has 3 rings (SSSR count). The molecule has 106 valence electrons. The van der Waals surface area contributed by atoms with Crippen LogP contribution in [0.2, 0.25) is 0 Å². The maximum absolute atomic E-state index is 12.3. The highest BCUT2D eigenvalue weighted by molar-refractivity contribution is 6.12. The van der Waals surface area contributed by atoms with Gasteiger partial charge in [-0.2, -0.15) is 0 Å². The minimum atomic E-state index is -0.659. The Morgan fingerprint density at radius 1 is 1.19 bits per heavy atom. The van der Waals surface area contributed by atoms with Crippen molar-refractivity contribution in [3.63, 3.8) is 0 Å². The summed E-state index contributed by atoms with van der Waals surface area (Å²) in [5.74, 6) is -0.619. The number of amides is 2. The molecule has 0 aliphatic carbocycles. The van der Waals surface area contributed by atoms with Crippen molar-refractivity contribution in [2.75, 3.05) is 11.1 Å². The molecule has 1 aromatic carbocycles. The van der Waals surface area contributed by atoms with Crippen LogP contribution in [-0.2, 0) is 11.2 Å². The molecular weight excluding hydrogens is 268 g/mol. The standard InChI is InChI=1S/C15H14N4O2/c16-10-4-1-5-11-13(10)15(21)19-12(14(20)18-11)7-9-3-2-6-17-8-9/h1-6,8,12H,7,16H2,(H,18,20)(H,19,21)/t12-/m0/s1. The number of hydrogen-bond donors (Lipinski definition) is 3. The second-order valence-corrected chi connectivity index (χ2v) is 4.85. The van der Waals surface area contributed by atoms with Crippen molar-refractivity contribution in [1.82, 2.24) is 10.3 Å². The second kappa shape index (κ2) is 5.24. The first-order valence-electron chi connectivity index (χ1n) is 6.54. The number of carbonyl (C=O) groups excluding carboxylic acids is 2. The number of nitrogen functional groups attached to an aromatic ring is 1. The highest BCUT2D eigenvalue weighted by atomic mass is 16.2. The van der Waals surface area contributed by atoms with Crippen LogP contribution in [0.25, 0.3) is 0 Å². The molecule has 4 N–H and O–H groups in total. The molecule has 0 saturated heterocycles. The zero-order valence-corrected chi connectivity index (χ0v) is 11.2. The van der Waals surface area contributed by atoms with E-state index >= 15 is 0 Å². The number of carbonyl (C=O) groups is 2. The van der Waals surface area contributed by atoms with Crippen LogP contribution in [0.4, 0.5) is 11.4 Å². The maximum atomic E-state index is 12.3. The average molecular weight is 282 g/mol. The fourth-order valence-corrected chi connectivity index (χ4v) is 2.34. The van der Waals surface area contributed by atoms with Gasteiger partial charge >= 0.3 is 0 Å². The lowest BCUT2D eigenvalue weighted by Gasteiger charge is -2.14. The Morgan fingerprint density at radius 3 is 2.81 bits per heavy atom. The molecule has 0 bridgehead atoms. The summed E-state index contributed by atoms with van der Waals surface area (Å²) >= 11 is 0. The van der Waals surface area contributed by atoms with Crippen molar-refractivity contribution < 1.29 is 9.59 Å². The topological polar surface area (TPSA) is 97.1 Å². The van der Waals surface area contributed by atoms with E-state index in [0.29, 0.717) is 23.4 Å². The highest BCUT2D eigenvalue weighted by Gasteiger charge is 2.29. The summed E-state index contributed by atoms with van der Waals surface area (Å²) in [6.45, 7) is 0. The first-order chi connectivity index (χ1) is 10.1. The van der Waals surface area contributed by atoms with Crippen molar-refractivity contribution in [1.29, 1.82) is 0 Å². The van der Waals surface area contributed by atoms with Crippen molar-refractivity contribution >= 4 is 23.2 Å². The Labute approximate surface area is 121 Å². The van der Waals surface area contributed by atoms with Gasteiger partial charge in [0.25, 0.3) is 5.91 Å². The van der Waals surface area contributed by atoms with E-state index in [9.17, 15) is 9.59 Å². The normalized spacial score (nSPS) is 17.4. The van der Waals surface area contributed by atoms with Crippen molar-refractivity contribution in [3.8, 4) is 0 Å². The summed E-state index contributed by atoms with van der Waals surface area (Å²) in [6.07, 6.45) is 3.71. The predicted octanol–water partition coefficient (Wildman–Crippen LogP) is 0.957. The Balaban J connectivity index is 1.90. The summed E-state index contributed by atoms with van der Waals surface area (Å²) < 4.78 is 0. The molecule has 0 unspecified atom stereocenters. The van der Waals surface area contributed by atoms with Gasteiger partial charge in [-0.25, -0.2) is 0 Å². The zero-order valence-electron chi connectivity index (χ0n) is 11.2. The third kappa shape index (κ3) is 2.55. The molecule has 1 aliphatic rings. The molecule has 6 heteroatoms. The van der Waals surface area contributed by atoms with E-state index in [0.717, 1.165) is 5.56 Å². The van der Waals surface area contributed by atoms with Gasteiger partial charge in [0.1, 0.15) is 6.04 Å². The van der Waals surface area contributed by atoms with Gasteiger partial charge in [-0.05, 0) is 23.8 Å². The maximum Gasteiger partial charge on any atom is 0.256 e. The van der Waals surface area contributed by atoms with Gasteiger partial charge < -0.3 is 16.4 Å². The van der Waals surface area contributed by atoms with Crippen LogP contribution in [0.5, 0.6) is 0 Å². The van der Waals surface area contributed by atoms with E-state index in [1.54, 1.807) is 36.7 Å². The number of pyridine rings is 1. The molecule has 0 fully saturated rings. The van der Waals surface area contributed by atoms with Crippen molar-refractivity contribution in [2.45, 2.75) is 12.5 Å². The van der Waals surface area contributed by atoms with Crippen molar-refractivity contribution in [2.24, 2.45) is 0 Å². The Kier molecular flexibility index (Phi) is 3.27. The molecule has 2 heterocycles. The number of rotatable bonds is 2. The molecular formula is C15H14N4O2. The third-order valence-electron chi connectivity index (χ3n) is 3.37. The largest absolute Gasteiger partial charge is 0.398 e. The summed E-state index contributed by atoms with van der Waals surface area (Å²) in [4.78, 5) is 28.5. The minimum Gasteiger partial charge on any atom is -0.398 e. The van der Waals surface area contributed by atoms with Gasteiger partial charge in [-0.3, -0.25) is 14.6 Å². The highest BCUT2D eigenvalue weighted by Crippen LogP contribution is 2.24. The number of fused-ring (bicyclic) bond motifs is 1. The number of anilines is 2. The smallest absolute Gasteiger partial charge is 0.256 e. The summed E-state index contributed by atoms with van der Waals surface area (Å²) in [5, 5.41) is 5.46. The summed E-state index contributed by atoms with van der Waals surface area (Å²) in [7, 11) is 0. The monoisotopic (exact) mass is 282 g/mol. The second-order valence-electron chi connectivity index (χ2n) is 4.85. The Bertz CT molecular complexity index is 700. The van der Waals surface area contributed by atoms with Crippen LogP contribution in [0.15, 0.2) is 42.7 Å². The van der Waals surface area contributed by atoms with E-state index in [1.807, 2.05) is 6.07 Å². The fourth-order valence-electron chi connectivity index (χ4n) is 2.34. The van der Waals surface area contributed by atoms with Gasteiger partial charge in [0, 0.05) is 24.5 Å². The van der Waals surface area contributed by atoms with Gasteiger partial charge in [0.05, 0.1) is 11.3 Å². The van der Waals surface area contributed by atoms with Crippen LogP contribution < -0.4 is 16.4 Å². The first kappa shape index (κ1) is 13.1.